The highest BCUT2D eigenvalue weighted by Gasteiger charge is 2.00. The van der Waals surface area contributed by atoms with Crippen LogP contribution in [0, 0.1) is 0 Å². The Kier molecular flexibility index (Phi) is 2.38. The van der Waals surface area contributed by atoms with E-state index in [1.54, 1.807) is 6.21 Å². The number of rotatable bonds is 2. The van der Waals surface area contributed by atoms with E-state index in [1.807, 2.05) is 59.1 Å². The molecule has 0 aliphatic heterocycles. The van der Waals surface area contributed by atoms with Crippen LogP contribution in [0.5, 0.6) is 0 Å². The van der Waals surface area contributed by atoms with Crippen molar-refractivity contribution in [2.45, 2.75) is 0 Å². The highest BCUT2D eigenvalue weighted by Crippen LogP contribution is 2.10. The van der Waals surface area contributed by atoms with Crippen molar-refractivity contribution in [3.05, 3.63) is 60.3 Å². The summed E-state index contributed by atoms with van der Waals surface area (Å²) < 4.78 is 1.85. The van der Waals surface area contributed by atoms with Crippen molar-refractivity contribution in [2.75, 3.05) is 0 Å². The first-order valence-electron chi connectivity index (χ1n) is 5.32. The molecular weight excluding hydrogens is 212 g/mol. The van der Waals surface area contributed by atoms with Crippen LogP contribution in [0.15, 0.2) is 59.7 Å². The molecule has 2 aromatic heterocycles. The van der Waals surface area contributed by atoms with Gasteiger partial charge in [-0.05, 0) is 17.7 Å². The minimum Gasteiger partial charge on any atom is -0.267 e. The van der Waals surface area contributed by atoms with Crippen LogP contribution in [0.4, 0.5) is 5.95 Å². The van der Waals surface area contributed by atoms with Gasteiger partial charge in [-0.15, -0.1) is 10.2 Å². The molecule has 0 N–H and O–H groups in total. The van der Waals surface area contributed by atoms with Gasteiger partial charge in [-0.1, -0.05) is 36.4 Å². The molecule has 0 saturated carbocycles. The molecule has 3 aromatic rings. The molecule has 0 aliphatic rings. The Morgan fingerprint density at radius 3 is 2.65 bits per heavy atom. The lowest BCUT2D eigenvalue weighted by Gasteiger charge is -1.93. The Hall–Kier alpha value is -2.49. The van der Waals surface area contributed by atoms with Crippen LogP contribution < -0.4 is 0 Å². The molecule has 17 heavy (non-hydrogen) atoms. The van der Waals surface area contributed by atoms with Gasteiger partial charge < -0.3 is 0 Å². The number of aromatic nitrogens is 3. The van der Waals surface area contributed by atoms with Gasteiger partial charge in [0.2, 0.25) is 0 Å². The molecule has 0 saturated heterocycles. The van der Waals surface area contributed by atoms with Crippen molar-refractivity contribution in [3.8, 4) is 0 Å². The number of aliphatic imine (C=N–C) groups is 1. The number of nitrogens with zero attached hydrogens (tertiary/aromatic N) is 4. The smallest absolute Gasteiger partial charge is 0.255 e. The third-order valence-electron chi connectivity index (χ3n) is 2.42. The molecule has 3 rings (SSSR count). The molecule has 0 spiro atoms. The summed E-state index contributed by atoms with van der Waals surface area (Å²) in [6.07, 6.45) is 3.68. The molecule has 2 heterocycles. The van der Waals surface area contributed by atoms with E-state index >= 15 is 0 Å². The molecule has 0 amide bonds. The zero-order chi connectivity index (χ0) is 11.5. The second-order valence-electron chi connectivity index (χ2n) is 3.60. The maximum absolute atomic E-state index is 4.33. The summed E-state index contributed by atoms with van der Waals surface area (Å²) in [6.45, 7) is 0. The van der Waals surface area contributed by atoms with Gasteiger partial charge in [0, 0.05) is 12.4 Å². The van der Waals surface area contributed by atoms with E-state index in [9.17, 15) is 0 Å². The minimum atomic E-state index is 0.587. The second kappa shape index (κ2) is 4.17. The predicted octanol–water partition coefficient (Wildman–Crippen LogP) is 2.48. The lowest BCUT2D eigenvalue weighted by molar-refractivity contribution is 1.08. The minimum absolute atomic E-state index is 0.587. The van der Waals surface area contributed by atoms with Gasteiger partial charge in [-0.2, -0.15) is 0 Å². The summed E-state index contributed by atoms with van der Waals surface area (Å²) in [7, 11) is 0. The topological polar surface area (TPSA) is 42.5 Å². The Labute approximate surface area is 98.3 Å². The van der Waals surface area contributed by atoms with E-state index in [4.69, 9.17) is 0 Å². The highest BCUT2D eigenvalue weighted by molar-refractivity contribution is 5.81. The maximum Gasteiger partial charge on any atom is 0.255 e. The third kappa shape index (κ3) is 1.92. The fourth-order valence-electron chi connectivity index (χ4n) is 1.59. The first-order chi connectivity index (χ1) is 8.43. The summed E-state index contributed by atoms with van der Waals surface area (Å²) in [5, 5.41) is 8.06. The average Bonchev–Trinajstić information content (AvgIpc) is 2.81. The van der Waals surface area contributed by atoms with Gasteiger partial charge in [0.1, 0.15) is 0 Å². The van der Waals surface area contributed by atoms with Crippen LogP contribution in [0.25, 0.3) is 5.65 Å². The highest BCUT2D eigenvalue weighted by atomic mass is 15.3. The van der Waals surface area contributed by atoms with Gasteiger partial charge in [0.05, 0.1) is 0 Å². The zero-order valence-corrected chi connectivity index (χ0v) is 9.06. The van der Waals surface area contributed by atoms with E-state index in [2.05, 4.69) is 15.2 Å². The van der Waals surface area contributed by atoms with Crippen molar-refractivity contribution in [1.29, 1.82) is 0 Å². The fourth-order valence-corrected chi connectivity index (χ4v) is 1.59. The van der Waals surface area contributed by atoms with Gasteiger partial charge in [0.15, 0.2) is 5.65 Å². The monoisotopic (exact) mass is 222 g/mol. The van der Waals surface area contributed by atoms with Crippen LogP contribution >= 0.6 is 0 Å². The largest absolute Gasteiger partial charge is 0.267 e. The maximum atomic E-state index is 4.33. The molecule has 0 bridgehead atoms. The lowest BCUT2D eigenvalue weighted by Crippen LogP contribution is -1.83. The Morgan fingerprint density at radius 2 is 1.76 bits per heavy atom. The van der Waals surface area contributed by atoms with E-state index in [0.717, 1.165) is 11.2 Å². The summed E-state index contributed by atoms with van der Waals surface area (Å²) in [5.41, 5.74) is 1.84. The van der Waals surface area contributed by atoms with Crippen LogP contribution in [-0.2, 0) is 0 Å². The van der Waals surface area contributed by atoms with E-state index in [0.29, 0.717) is 5.95 Å². The zero-order valence-electron chi connectivity index (χ0n) is 9.06. The van der Waals surface area contributed by atoms with E-state index in [1.165, 1.54) is 0 Å². The lowest BCUT2D eigenvalue weighted by atomic mass is 10.2. The van der Waals surface area contributed by atoms with Gasteiger partial charge in [-0.3, -0.25) is 4.40 Å². The molecule has 82 valence electrons. The van der Waals surface area contributed by atoms with Crippen molar-refractivity contribution in [2.24, 2.45) is 4.99 Å². The summed E-state index contributed by atoms with van der Waals surface area (Å²) in [4.78, 5) is 4.33. The van der Waals surface area contributed by atoms with E-state index < -0.39 is 0 Å². The first-order valence-corrected chi connectivity index (χ1v) is 5.32. The Morgan fingerprint density at radius 1 is 0.941 bits per heavy atom. The van der Waals surface area contributed by atoms with Crippen LogP contribution in [0.1, 0.15) is 5.56 Å². The Bertz CT molecular complexity index is 655. The molecule has 0 radical (unpaired) electrons. The number of fused-ring (bicyclic) bond motifs is 1. The van der Waals surface area contributed by atoms with Gasteiger partial charge in [0.25, 0.3) is 5.95 Å². The van der Waals surface area contributed by atoms with Gasteiger partial charge >= 0.3 is 0 Å². The van der Waals surface area contributed by atoms with Crippen molar-refractivity contribution >= 4 is 17.8 Å². The molecule has 0 atom stereocenters. The number of hydrogen-bond donors (Lipinski definition) is 0. The summed E-state index contributed by atoms with van der Waals surface area (Å²) >= 11 is 0. The summed E-state index contributed by atoms with van der Waals surface area (Å²) in [6, 6.07) is 15.7. The predicted molar refractivity (Wildman–Crippen MR) is 66.7 cm³/mol. The number of hydrogen-bond acceptors (Lipinski definition) is 3. The SMILES string of the molecule is C(=Nc1nnc2ccccn12)c1ccccc1. The molecular formula is C13H10N4. The number of pyridine rings is 1. The normalized spacial score (nSPS) is 11.3. The molecule has 0 aliphatic carbocycles. The molecule has 0 unspecified atom stereocenters. The standard InChI is InChI=1S/C13H10N4/c1-2-6-11(7-3-1)10-14-13-16-15-12-8-4-5-9-17(12)13/h1-10H. The summed E-state index contributed by atoms with van der Waals surface area (Å²) in [5.74, 6) is 0.587. The first kappa shape index (κ1) is 9.72. The van der Waals surface area contributed by atoms with Crippen LogP contribution in [-0.4, -0.2) is 20.8 Å². The Balaban J connectivity index is 1.98. The fraction of sp³-hybridized carbons (Fsp3) is 0. The van der Waals surface area contributed by atoms with E-state index in [-0.39, 0.29) is 0 Å². The van der Waals surface area contributed by atoms with Crippen molar-refractivity contribution in [3.63, 3.8) is 0 Å². The van der Waals surface area contributed by atoms with Crippen molar-refractivity contribution < 1.29 is 0 Å². The second-order valence-corrected chi connectivity index (χ2v) is 3.60. The third-order valence-corrected chi connectivity index (χ3v) is 2.42. The average molecular weight is 222 g/mol. The van der Waals surface area contributed by atoms with Crippen LogP contribution in [0.3, 0.4) is 0 Å². The van der Waals surface area contributed by atoms with Gasteiger partial charge in [-0.25, -0.2) is 4.99 Å². The molecule has 0 fully saturated rings. The quantitative estimate of drug-likeness (QED) is 0.625. The van der Waals surface area contributed by atoms with Crippen LogP contribution in [0.2, 0.25) is 0 Å². The molecule has 4 heteroatoms. The molecule has 1 aromatic carbocycles. The van der Waals surface area contributed by atoms with Crippen molar-refractivity contribution in [1.82, 2.24) is 14.6 Å². The number of benzene rings is 1. The molecule has 4 nitrogen and oxygen atoms in total.